The minimum Gasteiger partial charge on any atom is -0.388 e. The zero-order valence-corrected chi connectivity index (χ0v) is 8.03. The SMILES string of the molecule is C#Cc1ccccc1[C@@H](O)CC(C)=O. The highest BCUT2D eigenvalue weighted by molar-refractivity contribution is 5.76. The lowest BCUT2D eigenvalue weighted by molar-refractivity contribution is -0.118. The molecular weight excluding hydrogens is 176 g/mol. The van der Waals surface area contributed by atoms with Gasteiger partial charge in [0.05, 0.1) is 6.10 Å². The molecule has 0 heterocycles. The summed E-state index contributed by atoms with van der Waals surface area (Å²) in [4.78, 5) is 10.8. The van der Waals surface area contributed by atoms with E-state index in [0.717, 1.165) is 0 Å². The van der Waals surface area contributed by atoms with E-state index in [2.05, 4.69) is 5.92 Å². The number of hydrogen-bond donors (Lipinski definition) is 1. The van der Waals surface area contributed by atoms with E-state index in [1.165, 1.54) is 6.92 Å². The fourth-order valence-electron chi connectivity index (χ4n) is 1.30. The Morgan fingerprint density at radius 1 is 1.57 bits per heavy atom. The Morgan fingerprint density at radius 3 is 2.79 bits per heavy atom. The van der Waals surface area contributed by atoms with Crippen LogP contribution in [0.5, 0.6) is 0 Å². The minimum atomic E-state index is -0.792. The number of aliphatic hydroxyl groups excluding tert-OH is 1. The molecule has 0 spiro atoms. The molecule has 0 radical (unpaired) electrons. The van der Waals surface area contributed by atoms with Gasteiger partial charge in [-0.05, 0) is 18.6 Å². The molecule has 1 atom stereocenters. The van der Waals surface area contributed by atoms with Crippen LogP contribution in [0.25, 0.3) is 0 Å². The van der Waals surface area contributed by atoms with E-state index in [1.54, 1.807) is 24.3 Å². The first-order valence-corrected chi connectivity index (χ1v) is 4.38. The monoisotopic (exact) mass is 188 g/mol. The van der Waals surface area contributed by atoms with Crippen LogP contribution in [0, 0.1) is 12.3 Å². The summed E-state index contributed by atoms with van der Waals surface area (Å²) in [5.41, 5.74) is 1.28. The van der Waals surface area contributed by atoms with Crippen molar-refractivity contribution >= 4 is 5.78 Å². The highest BCUT2D eigenvalue weighted by atomic mass is 16.3. The van der Waals surface area contributed by atoms with Crippen LogP contribution in [0.4, 0.5) is 0 Å². The number of carbonyl (C=O) groups excluding carboxylic acids is 1. The van der Waals surface area contributed by atoms with Crippen LogP contribution < -0.4 is 0 Å². The number of hydrogen-bond acceptors (Lipinski definition) is 2. The van der Waals surface area contributed by atoms with Crippen molar-refractivity contribution in [1.82, 2.24) is 0 Å². The maximum absolute atomic E-state index is 10.8. The summed E-state index contributed by atoms with van der Waals surface area (Å²) in [5.74, 6) is 2.43. The van der Waals surface area contributed by atoms with E-state index < -0.39 is 6.10 Å². The van der Waals surface area contributed by atoms with E-state index in [0.29, 0.717) is 11.1 Å². The van der Waals surface area contributed by atoms with Crippen molar-refractivity contribution in [1.29, 1.82) is 0 Å². The number of benzene rings is 1. The molecule has 1 N–H and O–H groups in total. The Bertz CT molecular complexity index is 374. The maximum Gasteiger partial charge on any atom is 0.132 e. The van der Waals surface area contributed by atoms with Gasteiger partial charge in [-0.2, -0.15) is 0 Å². The van der Waals surface area contributed by atoms with Crippen molar-refractivity contribution < 1.29 is 9.90 Å². The van der Waals surface area contributed by atoms with Gasteiger partial charge in [-0.1, -0.05) is 24.1 Å². The van der Waals surface area contributed by atoms with Gasteiger partial charge in [-0.25, -0.2) is 0 Å². The van der Waals surface area contributed by atoms with Crippen molar-refractivity contribution in [3.8, 4) is 12.3 Å². The molecule has 0 aliphatic rings. The van der Waals surface area contributed by atoms with Crippen LogP contribution in [-0.2, 0) is 4.79 Å². The van der Waals surface area contributed by atoms with Gasteiger partial charge in [0.1, 0.15) is 5.78 Å². The average Bonchev–Trinajstić information content (AvgIpc) is 2.16. The molecule has 2 nitrogen and oxygen atoms in total. The second-order valence-electron chi connectivity index (χ2n) is 3.15. The highest BCUT2D eigenvalue weighted by Crippen LogP contribution is 2.20. The molecule has 14 heavy (non-hydrogen) atoms. The molecule has 2 heteroatoms. The number of rotatable bonds is 3. The van der Waals surface area contributed by atoms with Gasteiger partial charge in [0, 0.05) is 12.0 Å². The summed E-state index contributed by atoms with van der Waals surface area (Å²) >= 11 is 0. The summed E-state index contributed by atoms with van der Waals surface area (Å²) in [5, 5.41) is 9.69. The van der Waals surface area contributed by atoms with E-state index in [9.17, 15) is 9.90 Å². The molecule has 0 aromatic heterocycles. The molecule has 72 valence electrons. The molecule has 0 aliphatic carbocycles. The Balaban J connectivity index is 2.95. The van der Waals surface area contributed by atoms with Crippen LogP contribution in [0.1, 0.15) is 30.6 Å². The third-order valence-corrected chi connectivity index (χ3v) is 1.96. The Kier molecular flexibility index (Phi) is 3.44. The summed E-state index contributed by atoms with van der Waals surface area (Å²) < 4.78 is 0. The van der Waals surface area contributed by atoms with E-state index in [-0.39, 0.29) is 12.2 Å². The van der Waals surface area contributed by atoms with Crippen molar-refractivity contribution in [3.05, 3.63) is 35.4 Å². The summed E-state index contributed by atoms with van der Waals surface area (Å²) in [6.07, 6.45) is 4.59. The summed E-state index contributed by atoms with van der Waals surface area (Å²) in [7, 11) is 0. The lowest BCUT2D eigenvalue weighted by Crippen LogP contribution is -2.04. The van der Waals surface area contributed by atoms with Gasteiger partial charge in [0.15, 0.2) is 0 Å². The second kappa shape index (κ2) is 4.59. The fraction of sp³-hybridized carbons (Fsp3) is 0.250. The minimum absolute atomic E-state index is 0.0516. The molecule has 1 rings (SSSR count). The van der Waals surface area contributed by atoms with Crippen molar-refractivity contribution in [2.45, 2.75) is 19.4 Å². The molecule has 0 bridgehead atoms. The number of carbonyl (C=O) groups is 1. The van der Waals surface area contributed by atoms with Gasteiger partial charge in [-0.3, -0.25) is 4.79 Å². The molecular formula is C12H12O2. The fourth-order valence-corrected chi connectivity index (χ4v) is 1.30. The molecule has 0 unspecified atom stereocenters. The standard InChI is InChI=1S/C12H12O2/c1-3-10-6-4-5-7-11(10)12(14)8-9(2)13/h1,4-7,12,14H,8H2,2H3/t12-/m0/s1. The molecule has 0 saturated carbocycles. The van der Waals surface area contributed by atoms with Gasteiger partial charge < -0.3 is 5.11 Å². The quantitative estimate of drug-likeness (QED) is 0.733. The highest BCUT2D eigenvalue weighted by Gasteiger charge is 2.12. The van der Waals surface area contributed by atoms with Gasteiger partial charge >= 0.3 is 0 Å². The average molecular weight is 188 g/mol. The smallest absolute Gasteiger partial charge is 0.132 e. The molecule has 1 aromatic carbocycles. The number of Topliss-reactive ketones (excluding diaryl/α,β-unsaturated/α-hetero) is 1. The predicted octanol–water partition coefficient (Wildman–Crippen LogP) is 1.68. The van der Waals surface area contributed by atoms with E-state index >= 15 is 0 Å². The van der Waals surface area contributed by atoms with Crippen LogP contribution in [-0.4, -0.2) is 10.9 Å². The van der Waals surface area contributed by atoms with Crippen LogP contribution in [0.2, 0.25) is 0 Å². The third-order valence-electron chi connectivity index (χ3n) is 1.96. The predicted molar refractivity (Wildman–Crippen MR) is 54.6 cm³/mol. The summed E-state index contributed by atoms with van der Waals surface area (Å²) in [6.45, 7) is 1.45. The largest absolute Gasteiger partial charge is 0.388 e. The Morgan fingerprint density at radius 2 is 2.21 bits per heavy atom. The topological polar surface area (TPSA) is 37.3 Å². The zero-order chi connectivity index (χ0) is 10.6. The Hall–Kier alpha value is -1.59. The third kappa shape index (κ3) is 2.45. The first kappa shape index (κ1) is 10.5. The van der Waals surface area contributed by atoms with E-state index in [1.807, 2.05) is 0 Å². The van der Waals surface area contributed by atoms with Crippen LogP contribution in [0.15, 0.2) is 24.3 Å². The molecule has 0 saturated heterocycles. The first-order chi connectivity index (χ1) is 6.65. The van der Waals surface area contributed by atoms with Crippen molar-refractivity contribution in [2.24, 2.45) is 0 Å². The van der Waals surface area contributed by atoms with Crippen LogP contribution >= 0.6 is 0 Å². The Labute approximate surface area is 83.6 Å². The molecule has 0 aliphatic heterocycles. The van der Waals surface area contributed by atoms with Gasteiger partial charge in [0.25, 0.3) is 0 Å². The molecule has 1 aromatic rings. The van der Waals surface area contributed by atoms with Gasteiger partial charge in [0.2, 0.25) is 0 Å². The lowest BCUT2D eigenvalue weighted by Gasteiger charge is -2.10. The number of aliphatic hydroxyl groups is 1. The van der Waals surface area contributed by atoms with Crippen molar-refractivity contribution in [2.75, 3.05) is 0 Å². The van der Waals surface area contributed by atoms with Crippen LogP contribution in [0.3, 0.4) is 0 Å². The first-order valence-electron chi connectivity index (χ1n) is 4.38. The molecule has 0 amide bonds. The zero-order valence-electron chi connectivity index (χ0n) is 8.03. The van der Waals surface area contributed by atoms with E-state index in [4.69, 9.17) is 6.42 Å². The van der Waals surface area contributed by atoms with Crippen molar-refractivity contribution in [3.63, 3.8) is 0 Å². The van der Waals surface area contributed by atoms with Gasteiger partial charge in [-0.15, -0.1) is 6.42 Å². The number of ketones is 1. The number of terminal acetylenes is 1. The second-order valence-corrected chi connectivity index (χ2v) is 3.15. The normalized spacial score (nSPS) is 11.8. The molecule has 0 fully saturated rings. The lowest BCUT2D eigenvalue weighted by atomic mass is 9.99. The maximum atomic E-state index is 10.8. The summed E-state index contributed by atoms with van der Waals surface area (Å²) in [6, 6.07) is 7.08.